The average Bonchev–Trinajstić information content (AvgIpc) is 3.33. The molecule has 9 nitrogen and oxygen atoms in total. The lowest BCUT2D eigenvalue weighted by Gasteiger charge is -2.17. The number of halogens is 1. The second kappa shape index (κ2) is 9.55. The lowest BCUT2D eigenvalue weighted by Crippen LogP contribution is -2.28. The second-order valence-corrected chi connectivity index (χ2v) is 11.0. The maximum Gasteiger partial charge on any atom is 0.235 e. The average molecular weight is 521 g/mol. The van der Waals surface area contributed by atoms with Crippen LogP contribution in [0.4, 0.5) is 10.2 Å². The highest BCUT2D eigenvalue weighted by Crippen LogP contribution is 2.40. The number of fused-ring (bicyclic) bond motifs is 2. The first-order valence-corrected chi connectivity index (χ1v) is 13.5. The zero-order valence-electron chi connectivity index (χ0n) is 20.6. The number of Topliss-reactive ketones (excluding diaryl/α,β-unsaturated/α-hetero) is 1. The predicted molar refractivity (Wildman–Crippen MR) is 138 cm³/mol. The number of amides is 1. The number of nitrogens with zero attached hydrogens (tertiary/aromatic N) is 5. The van der Waals surface area contributed by atoms with E-state index in [2.05, 4.69) is 25.4 Å². The van der Waals surface area contributed by atoms with Crippen LogP contribution in [0.1, 0.15) is 48.3 Å². The molecule has 4 aromatic rings. The Hall–Kier alpha value is -3.86. The van der Waals surface area contributed by atoms with E-state index in [1.807, 2.05) is 0 Å². The van der Waals surface area contributed by atoms with Crippen LogP contribution in [0.5, 0.6) is 0 Å². The predicted octanol–water partition coefficient (Wildman–Crippen LogP) is 3.65. The van der Waals surface area contributed by atoms with Crippen molar-refractivity contribution >= 4 is 39.3 Å². The van der Waals surface area contributed by atoms with Crippen molar-refractivity contribution in [2.24, 2.45) is 0 Å². The number of pyridine rings is 1. The summed E-state index contributed by atoms with van der Waals surface area (Å²) < 4.78 is 27.4. The fraction of sp³-hybridized carbons (Fsp3) is 0.308. The number of anilines is 1. The van der Waals surface area contributed by atoms with Gasteiger partial charge in [0.05, 0.1) is 17.3 Å². The van der Waals surface area contributed by atoms with Crippen LogP contribution in [0.15, 0.2) is 42.6 Å². The summed E-state index contributed by atoms with van der Waals surface area (Å²) in [5, 5.41) is 8.07. The van der Waals surface area contributed by atoms with E-state index in [1.165, 1.54) is 6.07 Å². The molecule has 0 saturated carbocycles. The summed E-state index contributed by atoms with van der Waals surface area (Å²) in [6.45, 7) is 3.57. The molecule has 0 saturated heterocycles. The Morgan fingerprint density at radius 1 is 1.16 bits per heavy atom. The first-order valence-electron chi connectivity index (χ1n) is 11.8. The summed E-state index contributed by atoms with van der Waals surface area (Å²) in [6, 6.07) is 9.98. The van der Waals surface area contributed by atoms with Crippen molar-refractivity contribution in [1.82, 2.24) is 24.7 Å². The molecule has 3 aromatic heterocycles. The van der Waals surface area contributed by atoms with Gasteiger partial charge in [0.15, 0.2) is 17.3 Å². The number of nitrogens with one attached hydrogen (secondary N) is 1. The molecule has 1 N–H and O–H groups in total. The largest absolute Gasteiger partial charge is 0.310 e. The van der Waals surface area contributed by atoms with Gasteiger partial charge >= 0.3 is 0 Å². The van der Waals surface area contributed by atoms with Crippen LogP contribution in [-0.4, -0.2) is 52.6 Å². The lowest BCUT2D eigenvalue weighted by atomic mass is 9.84. The molecule has 0 fully saturated rings. The smallest absolute Gasteiger partial charge is 0.235 e. The Morgan fingerprint density at radius 3 is 2.70 bits per heavy atom. The second-order valence-electron chi connectivity index (χ2n) is 9.47. The molecule has 0 bridgehead atoms. The van der Waals surface area contributed by atoms with E-state index >= 15 is 0 Å². The Bertz CT molecular complexity index is 1580. The Kier molecular flexibility index (Phi) is 6.40. The minimum absolute atomic E-state index is 0.134. The van der Waals surface area contributed by atoms with Crippen LogP contribution in [0.3, 0.4) is 0 Å². The van der Waals surface area contributed by atoms with Crippen LogP contribution in [0.25, 0.3) is 22.6 Å². The summed E-state index contributed by atoms with van der Waals surface area (Å²) in [5.74, 6) is -0.0864. The van der Waals surface area contributed by atoms with Crippen LogP contribution in [0, 0.1) is 5.82 Å². The van der Waals surface area contributed by atoms with Crippen molar-refractivity contribution in [2.45, 2.75) is 38.6 Å². The van der Waals surface area contributed by atoms with Gasteiger partial charge in [0.1, 0.15) is 23.0 Å². The number of hydrogen-bond acceptors (Lipinski definition) is 7. The molecule has 1 aliphatic rings. The van der Waals surface area contributed by atoms with Gasteiger partial charge < -0.3 is 5.32 Å². The molecule has 1 atom stereocenters. The minimum Gasteiger partial charge on any atom is -0.310 e. The maximum atomic E-state index is 14.4. The molecule has 1 amide bonds. The highest BCUT2D eigenvalue weighted by atomic mass is 32.2. The van der Waals surface area contributed by atoms with Crippen molar-refractivity contribution < 1.29 is 18.2 Å². The SMILES string of the molecule is CS(=O)CCCC(=O)c1nc(-c2nn(Cc3ccccc3F)c3ncccc23)nc2c1C(C)(C)C(=O)N2. The van der Waals surface area contributed by atoms with Gasteiger partial charge in [-0.2, -0.15) is 5.10 Å². The van der Waals surface area contributed by atoms with Gasteiger partial charge in [-0.25, -0.2) is 24.0 Å². The topological polar surface area (TPSA) is 120 Å². The normalized spacial score (nSPS) is 15.0. The number of ketones is 1. The first-order chi connectivity index (χ1) is 17.7. The van der Waals surface area contributed by atoms with E-state index in [9.17, 15) is 18.2 Å². The fourth-order valence-electron chi connectivity index (χ4n) is 4.46. The molecular formula is C26H25FN6O3S. The molecule has 1 unspecified atom stereocenters. The summed E-state index contributed by atoms with van der Waals surface area (Å²) in [5.41, 5.74) is 0.901. The molecular weight excluding hydrogens is 495 g/mol. The van der Waals surface area contributed by atoms with E-state index in [0.717, 1.165) is 0 Å². The van der Waals surface area contributed by atoms with E-state index in [1.54, 1.807) is 61.3 Å². The Balaban J connectivity index is 1.64. The highest BCUT2D eigenvalue weighted by molar-refractivity contribution is 7.84. The quantitative estimate of drug-likeness (QED) is 0.352. The summed E-state index contributed by atoms with van der Waals surface area (Å²) in [4.78, 5) is 39.7. The zero-order valence-corrected chi connectivity index (χ0v) is 21.4. The van der Waals surface area contributed by atoms with Crippen molar-refractivity contribution in [1.29, 1.82) is 0 Å². The van der Waals surface area contributed by atoms with Gasteiger partial charge in [-0.15, -0.1) is 0 Å². The van der Waals surface area contributed by atoms with Gasteiger partial charge in [-0.3, -0.25) is 13.8 Å². The van der Waals surface area contributed by atoms with Gasteiger partial charge in [-0.05, 0) is 38.5 Å². The van der Waals surface area contributed by atoms with Crippen molar-refractivity contribution in [2.75, 3.05) is 17.3 Å². The Labute approximate surface area is 215 Å². The number of benzene rings is 1. The number of carbonyl (C=O) groups excluding carboxylic acids is 2. The standard InChI is InChI=1S/C26H25FN6O3S/c1-26(2)19-21(18(34)11-7-13-37(3)36)29-23(30-22(19)31-25(26)35)20-16-9-6-12-28-24(16)33(32-20)14-15-8-4-5-10-17(15)27/h4-6,8-10,12H,7,11,13-14H2,1-3H3,(H,29,30,31,35). The van der Waals surface area contributed by atoms with Crippen LogP contribution < -0.4 is 5.32 Å². The van der Waals surface area contributed by atoms with E-state index in [0.29, 0.717) is 40.0 Å². The molecule has 37 heavy (non-hydrogen) atoms. The third-order valence-electron chi connectivity index (χ3n) is 6.43. The minimum atomic E-state index is -1.02. The third kappa shape index (κ3) is 4.55. The van der Waals surface area contributed by atoms with Gasteiger partial charge in [0.25, 0.3) is 0 Å². The van der Waals surface area contributed by atoms with Gasteiger partial charge in [0.2, 0.25) is 5.91 Å². The summed E-state index contributed by atoms with van der Waals surface area (Å²) in [6.07, 6.45) is 3.77. The Morgan fingerprint density at radius 2 is 1.95 bits per heavy atom. The van der Waals surface area contributed by atoms with Crippen molar-refractivity contribution in [3.8, 4) is 11.5 Å². The van der Waals surface area contributed by atoms with E-state index in [-0.39, 0.29) is 47.8 Å². The van der Waals surface area contributed by atoms with Gasteiger partial charge in [0, 0.05) is 46.6 Å². The highest BCUT2D eigenvalue weighted by Gasteiger charge is 2.44. The fourth-order valence-corrected chi connectivity index (χ4v) is 5.01. The third-order valence-corrected chi connectivity index (χ3v) is 7.29. The maximum absolute atomic E-state index is 14.4. The number of hydrogen-bond donors (Lipinski definition) is 1. The van der Waals surface area contributed by atoms with Gasteiger partial charge in [-0.1, -0.05) is 18.2 Å². The molecule has 190 valence electrons. The summed E-state index contributed by atoms with van der Waals surface area (Å²) >= 11 is 0. The van der Waals surface area contributed by atoms with E-state index in [4.69, 9.17) is 0 Å². The summed E-state index contributed by atoms with van der Waals surface area (Å²) in [7, 11) is -1.02. The van der Waals surface area contributed by atoms with Crippen LogP contribution >= 0.6 is 0 Å². The molecule has 1 aliphatic heterocycles. The molecule has 5 rings (SSSR count). The van der Waals surface area contributed by atoms with Crippen molar-refractivity contribution in [3.63, 3.8) is 0 Å². The molecule has 4 heterocycles. The molecule has 11 heteroatoms. The van der Waals surface area contributed by atoms with Crippen LogP contribution in [0.2, 0.25) is 0 Å². The molecule has 1 aromatic carbocycles. The molecule has 0 radical (unpaired) electrons. The lowest BCUT2D eigenvalue weighted by molar-refractivity contribution is -0.119. The van der Waals surface area contributed by atoms with Crippen molar-refractivity contribution in [3.05, 3.63) is 65.2 Å². The number of aromatic nitrogens is 5. The van der Waals surface area contributed by atoms with Crippen LogP contribution in [-0.2, 0) is 27.6 Å². The number of rotatable bonds is 8. The molecule has 0 aliphatic carbocycles. The monoisotopic (exact) mass is 520 g/mol. The van der Waals surface area contributed by atoms with E-state index < -0.39 is 16.2 Å². The first kappa shape index (κ1) is 24.8. The number of carbonyl (C=O) groups is 2. The molecule has 0 spiro atoms. The zero-order chi connectivity index (χ0) is 26.3.